The van der Waals surface area contributed by atoms with Crippen molar-refractivity contribution in [3.63, 3.8) is 0 Å². The molecule has 1 saturated heterocycles. The molecular formula is C13H16ClF3N5O2+. The summed E-state index contributed by atoms with van der Waals surface area (Å²) in [5.41, 5.74) is 4.04. The molecule has 7 nitrogen and oxygen atoms in total. The van der Waals surface area contributed by atoms with E-state index in [2.05, 4.69) is 10.3 Å². The number of pyridine rings is 1. The largest absolute Gasteiger partial charge is 0.419 e. The summed E-state index contributed by atoms with van der Waals surface area (Å²) in [6, 6.07) is 0.0786. The number of halogens is 4. The molecule has 0 aromatic carbocycles. The minimum Gasteiger partial charge on any atom is -0.352 e. The van der Waals surface area contributed by atoms with Crippen LogP contribution in [-0.2, 0) is 11.0 Å². The number of rotatable bonds is 3. The third-order valence-electron chi connectivity index (χ3n) is 3.56. The van der Waals surface area contributed by atoms with Gasteiger partial charge in [-0.2, -0.15) is 13.2 Å². The Morgan fingerprint density at radius 2 is 1.92 bits per heavy atom. The maximum atomic E-state index is 12.6. The quantitative estimate of drug-likeness (QED) is 0.815. The number of alkyl halides is 3. The molecule has 0 bridgehead atoms. The van der Waals surface area contributed by atoms with Gasteiger partial charge in [-0.05, 0) is 6.07 Å². The van der Waals surface area contributed by atoms with Crippen molar-refractivity contribution in [1.82, 2.24) is 10.2 Å². The van der Waals surface area contributed by atoms with E-state index in [4.69, 9.17) is 17.3 Å². The van der Waals surface area contributed by atoms with Gasteiger partial charge in [-0.1, -0.05) is 11.6 Å². The predicted octanol–water partition coefficient (Wildman–Crippen LogP) is 0.490. The molecule has 1 fully saturated rings. The molecule has 0 aliphatic carbocycles. The first kappa shape index (κ1) is 18.1. The number of amides is 3. The highest BCUT2D eigenvalue weighted by molar-refractivity contribution is 6.32. The van der Waals surface area contributed by atoms with E-state index in [1.165, 1.54) is 4.90 Å². The lowest BCUT2D eigenvalue weighted by atomic mass is 10.2. The number of carbonyl (C=O) groups is 2. The van der Waals surface area contributed by atoms with Gasteiger partial charge in [0.1, 0.15) is 24.3 Å². The molecule has 4 N–H and O–H groups in total. The third-order valence-corrected chi connectivity index (χ3v) is 3.85. The number of hydrogen-bond donors (Lipinski definition) is 2. The molecule has 1 aromatic heterocycles. The average molecular weight is 367 g/mol. The number of H-pyrrole nitrogens is 1. The van der Waals surface area contributed by atoms with E-state index in [9.17, 15) is 22.8 Å². The van der Waals surface area contributed by atoms with Gasteiger partial charge >= 0.3 is 12.2 Å². The lowest BCUT2D eigenvalue weighted by Gasteiger charge is -2.31. The summed E-state index contributed by atoms with van der Waals surface area (Å²) in [5, 5.41) is 2.17. The van der Waals surface area contributed by atoms with Gasteiger partial charge in [0, 0.05) is 0 Å². The molecule has 0 saturated carbocycles. The van der Waals surface area contributed by atoms with Crippen LogP contribution in [0.1, 0.15) is 5.56 Å². The number of nitrogens with one attached hydrogen (secondary N) is 2. The van der Waals surface area contributed by atoms with Crippen LogP contribution in [0.2, 0.25) is 5.02 Å². The predicted molar refractivity (Wildman–Crippen MR) is 79.4 cm³/mol. The van der Waals surface area contributed by atoms with Crippen LogP contribution in [0, 0.1) is 0 Å². The zero-order valence-electron chi connectivity index (χ0n) is 12.5. The molecule has 0 unspecified atom stereocenters. The summed E-state index contributed by atoms with van der Waals surface area (Å²) in [6.45, 7) is 1.30. The smallest absolute Gasteiger partial charge is 0.352 e. The number of carbonyl (C=O) groups excluding carboxylic acids is 2. The monoisotopic (exact) mass is 366 g/mol. The number of piperazine rings is 1. The number of urea groups is 1. The standard InChI is InChI=1S/C13H15ClF3N5O2/c14-9-5-8(13(15,16)17)6-19-11(9)22-3-1-21(2-4-22)10(23)7-20-12(18)24/h5-6H,1-4,7H2,(H3,18,20,24)/p+1. The van der Waals surface area contributed by atoms with E-state index in [1.807, 2.05) is 0 Å². The van der Waals surface area contributed by atoms with E-state index in [1.54, 1.807) is 4.90 Å². The maximum absolute atomic E-state index is 12.6. The van der Waals surface area contributed by atoms with E-state index in [0.29, 0.717) is 32.0 Å². The SMILES string of the molecule is NC(=O)NCC(=O)N1CCN(c2[nH+]cc(C(F)(F)F)cc2Cl)CC1. The Morgan fingerprint density at radius 1 is 1.29 bits per heavy atom. The average Bonchev–Trinajstić information content (AvgIpc) is 2.52. The maximum Gasteiger partial charge on any atom is 0.419 e. The van der Waals surface area contributed by atoms with Gasteiger partial charge in [-0.3, -0.25) is 9.69 Å². The molecule has 0 spiro atoms. The number of primary amides is 1. The number of anilines is 1. The zero-order valence-corrected chi connectivity index (χ0v) is 13.2. The lowest BCUT2D eigenvalue weighted by molar-refractivity contribution is -0.367. The lowest BCUT2D eigenvalue weighted by Crippen LogP contribution is -2.52. The fourth-order valence-corrected chi connectivity index (χ4v) is 2.61. The molecular weight excluding hydrogens is 351 g/mol. The number of hydrogen-bond acceptors (Lipinski definition) is 3. The van der Waals surface area contributed by atoms with Crippen LogP contribution in [0.3, 0.4) is 0 Å². The molecule has 0 atom stereocenters. The molecule has 132 valence electrons. The normalized spacial score (nSPS) is 15.3. The fourth-order valence-electron chi connectivity index (χ4n) is 2.32. The van der Waals surface area contributed by atoms with Crippen LogP contribution >= 0.6 is 11.6 Å². The molecule has 1 aromatic rings. The van der Waals surface area contributed by atoms with Gasteiger partial charge in [0.15, 0.2) is 0 Å². The Balaban J connectivity index is 1.97. The summed E-state index contributed by atoms with van der Waals surface area (Å²) < 4.78 is 37.9. The second-order valence-electron chi connectivity index (χ2n) is 5.17. The molecule has 11 heteroatoms. The second-order valence-corrected chi connectivity index (χ2v) is 5.58. The van der Waals surface area contributed by atoms with Crippen molar-refractivity contribution in [3.8, 4) is 0 Å². The third kappa shape index (κ3) is 4.40. The van der Waals surface area contributed by atoms with Gasteiger partial charge in [0.25, 0.3) is 5.82 Å². The Hall–Kier alpha value is -2.23. The number of aromatic amines is 1. The van der Waals surface area contributed by atoms with Gasteiger partial charge in [0.05, 0.1) is 25.2 Å². The Kier molecular flexibility index (Phi) is 5.37. The topological polar surface area (TPSA) is 92.8 Å². The fraction of sp³-hybridized carbons (Fsp3) is 0.462. The number of nitrogens with two attached hydrogens (primary N) is 1. The van der Waals surface area contributed by atoms with Crippen LogP contribution in [0.15, 0.2) is 12.3 Å². The van der Waals surface area contributed by atoms with Crippen molar-refractivity contribution >= 4 is 29.4 Å². The Labute approximate surface area is 140 Å². The van der Waals surface area contributed by atoms with Crippen molar-refractivity contribution in [3.05, 3.63) is 22.8 Å². The molecule has 2 heterocycles. The first-order valence-corrected chi connectivity index (χ1v) is 7.40. The van der Waals surface area contributed by atoms with Crippen molar-refractivity contribution in [2.45, 2.75) is 6.18 Å². The van der Waals surface area contributed by atoms with E-state index >= 15 is 0 Å². The Morgan fingerprint density at radius 3 is 2.42 bits per heavy atom. The summed E-state index contributed by atoms with van der Waals surface area (Å²) in [6.07, 6.45) is -3.62. The summed E-state index contributed by atoms with van der Waals surface area (Å²) >= 11 is 5.94. The molecule has 0 radical (unpaired) electrons. The number of aromatic nitrogens is 1. The van der Waals surface area contributed by atoms with Crippen LogP contribution in [0.4, 0.5) is 23.8 Å². The highest BCUT2D eigenvalue weighted by Gasteiger charge is 2.34. The first-order chi connectivity index (χ1) is 11.2. The van der Waals surface area contributed by atoms with Gasteiger partial charge < -0.3 is 16.0 Å². The first-order valence-electron chi connectivity index (χ1n) is 7.03. The second kappa shape index (κ2) is 7.12. The van der Waals surface area contributed by atoms with E-state index in [0.717, 1.165) is 12.3 Å². The van der Waals surface area contributed by atoms with Crippen LogP contribution in [0.25, 0.3) is 0 Å². The molecule has 24 heavy (non-hydrogen) atoms. The van der Waals surface area contributed by atoms with Gasteiger partial charge in [-0.15, -0.1) is 0 Å². The molecule has 3 amide bonds. The summed E-state index contributed by atoms with van der Waals surface area (Å²) in [7, 11) is 0. The highest BCUT2D eigenvalue weighted by atomic mass is 35.5. The molecule has 1 aliphatic heterocycles. The summed E-state index contributed by atoms with van der Waals surface area (Å²) in [4.78, 5) is 28.3. The number of nitrogens with zero attached hydrogens (tertiary/aromatic N) is 2. The van der Waals surface area contributed by atoms with Gasteiger partial charge in [0.2, 0.25) is 5.91 Å². The molecule has 1 aliphatic rings. The van der Waals surface area contributed by atoms with Crippen LogP contribution < -0.4 is 20.9 Å². The van der Waals surface area contributed by atoms with E-state index < -0.39 is 17.8 Å². The minimum absolute atomic E-state index is 0.0417. The van der Waals surface area contributed by atoms with Crippen molar-refractivity contribution in [2.24, 2.45) is 5.73 Å². The van der Waals surface area contributed by atoms with Crippen molar-refractivity contribution < 1.29 is 27.7 Å². The van der Waals surface area contributed by atoms with Crippen molar-refractivity contribution in [2.75, 3.05) is 37.6 Å². The molecule has 2 rings (SSSR count). The zero-order chi connectivity index (χ0) is 17.9. The summed E-state index contributed by atoms with van der Waals surface area (Å²) in [5.74, 6) is 0.0861. The highest BCUT2D eigenvalue weighted by Crippen LogP contribution is 2.32. The van der Waals surface area contributed by atoms with Crippen molar-refractivity contribution in [1.29, 1.82) is 0 Å². The van der Waals surface area contributed by atoms with Gasteiger partial charge in [-0.25, -0.2) is 9.78 Å². The van der Waals surface area contributed by atoms with E-state index in [-0.39, 0.29) is 17.5 Å². The van der Waals surface area contributed by atoms with Crippen LogP contribution in [0.5, 0.6) is 0 Å². The van der Waals surface area contributed by atoms with Crippen LogP contribution in [-0.4, -0.2) is 49.6 Å². The Bertz CT molecular complexity index is 633. The minimum atomic E-state index is -4.47.